The van der Waals surface area contributed by atoms with Crippen LogP contribution < -0.4 is 16.2 Å². The van der Waals surface area contributed by atoms with Crippen molar-refractivity contribution in [1.82, 2.24) is 0 Å². The van der Waals surface area contributed by atoms with Crippen LogP contribution in [0.2, 0.25) is 0 Å². The number of nitrogen functional groups attached to an aromatic ring is 1. The summed E-state index contributed by atoms with van der Waals surface area (Å²) in [5.74, 6) is -0.707. The molecule has 5 nitrogen and oxygen atoms in total. The zero-order chi connectivity index (χ0) is 10.3. The van der Waals surface area contributed by atoms with E-state index in [0.29, 0.717) is 23.6 Å². The highest BCUT2D eigenvalue weighted by Gasteiger charge is 2.26. The Morgan fingerprint density at radius 2 is 2.29 bits per heavy atom. The minimum atomic E-state index is -1.05. The molecule has 0 saturated heterocycles. The van der Waals surface area contributed by atoms with Gasteiger partial charge in [-0.1, -0.05) is 0 Å². The fraction of sp³-hybridized carbons (Fsp3) is 0.222. The van der Waals surface area contributed by atoms with Crippen LogP contribution >= 0.6 is 0 Å². The summed E-state index contributed by atoms with van der Waals surface area (Å²) in [6.45, 7) is 0.305. The maximum Gasteiger partial charge on any atom is 0.339 e. The molecule has 1 aliphatic rings. The topological polar surface area (TPSA) is 98.6 Å². The van der Waals surface area contributed by atoms with Gasteiger partial charge >= 0.3 is 5.97 Å². The van der Waals surface area contributed by atoms with Gasteiger partial charge in [0.15, 0.2) is 0 Å². The molecule has 0 saturated carbocycles. The van der Waals surface area contributed by atoms with E-state index in [1.807, 2.05) is 0 Å². The average molecular weight is 194 g/mol. The lowest BCUT2D eigenvalue weighted by Gasteiger charge is -2.05. The number of carbonyl (C=O) groups is 1. The molecule has 0 amide bonds. The second-order valence-electron chi connectivity index (χ2n) is 3.21. The number of carboxylic acids is 1. The average Bonchev–Trinajstić information content (AvgIpc) is 2.47. The van der Waals surface area contributed by atoms with Gasteiger partial charge < -0.3 is 21.3 Å². The molecule has 1 aliphatic heterocycles. The Balaban J connectivity index is 2.63. The van der Waals surface area contributed by atoms with Gasteiger partial charge in [-0.2, -0.15) is 0 Å². The van der Waals surface area contributed by atoms with Gasteiger partial charge in [0.1, 0.15) is 17.9 Å². The van der Waals surface area contributed by atoms with Gasteiger partial charge in [-0.3, -0.25) is 0 Å². The van der Waals surface area contributed by atoms with Crippen LogP contribution in [-0.2, 0) is 0 Å². The number of benzene rings is 1. The Bertz CT molecular complexity index is 403. The number of aromatic carboxylic acids is 1. The van der Waals surface area contributed by atoms with Crippen LogP contribution in [-0.4, -0.2) is 17.7 Å². The third-order valence-electron chi connectivity index (χ3n) is 2.18. The maximum atomic E-state index is 10.8. The minimum absolute atomic E-state index is 0.0768. The fourth-order valence-electron chi connectivity index (χ4n) is 1.53. The lowest BCUT2D eigenvalue weighted by Crippen LogP contribution is -2.10. The van der Waals surface area contributed by atoms with Crippen molar-refractivity contribution < 1.29 is 14.6 Å². The second-order valence-corrected chi connectivity index (χ2v) is 3.21. The van der Waals surface area contributed by atoms with E-state index >= 15 is 0 Å². The van der Waals surface area contributed by atoms with Crippen LogP contribution in [0.25, 0.3) is 0 Å². The Labute approximate surface area is 80.3 Å². The summed E-state index contributed by atoms with van der Waals surface area (Å²) in [7, 11) is 0. The van der Waals surface area contributed by atoms with Crippen molar-refractivity contribution in [3.63, 3.8) is 0 Å². The van der Waals surface area contributed by atoms with Crippen molar-refractivity contribution in [2.75, 3.05) is 12.3 Å². The minimum Gasteiger partial charge on any atom is -0.490 e. The predicted molar refractivity (Wildman–Crippen MR) is 50.2 cm³/mol. The van der Waals surface area contributed by atoms with Gasteiger partial charge in [0.05, 0.1) is 6.04 Å². The normalized spacial score (nSPS) is 18.8. The molecule has 0 aliphatic carbocycles. The highest BCUT2D eigenvalue weighted by Crippen LogP contribution is 2.36. The molecule has 1 heterocycles. The monoisotopic (exact) mass is 194 g/mol. The summed E-state index contributed by atoms with van der Waals surface area (Å²) in [6, 6.07) is 2.74. The molecule has 0 fully saturated rings. The van der Waals surface area contributed by atoms with Crippen LogP contribution in [0.4, 0.5) is 5.69 Å². The Morgan fingerprint density at radius 1 is 1.57 bits per heavy atom. The number of hydrogen-bond acceptors (Lipinski definition) is 4. The SMILES string of the molecule is Nc1cc(C(=O)O)c2c(c1)C(N)CO2. The van der Waals surface area contributed by atoms with E-state index in [-0.39, 0.29) is 11.6 Å². The van der Waals surface area contributed by atoms with Crippen LogP contribution in [0.15, 0.2) is 12.1 Å². The summed E-state index contributed by atoms with van der Waals surface area (Å²) in [5, 5.41) is 8.88. The maximum absolute atomic E-state index is 10.8. The van der Waals surface area contributed by atoms with E-state index in [9.17, 15) is 4.79 Å². The molecule has 14 heavy (non-hydrogen) atoms. The molecule has 74 valence electrons. The molecule has 0 radical (unpaired) electrons. The number of ether oxygens (including phenoxy) is 1. The van der Waals surface area contributed by atoms with Gasteiger partial charge in [-0.15, -0.1) is 0 Å². The molecular formula is C9H10N2O3. The number of nitrogens with two attached hydrogens (primary N) is 2. The van der Waals surface area contributed by atoms with Crippen molar-refractivity contribution in [1.29, 1.82) is 0 Å². The summed E-state index contributed by atoms with van der Waals surface area (Å²) in [5.41, 5.74) is 12.4. The molecule has 5 heteroatoms. The van der Waals surface area contributed by atoms with Gasteiger partial charge in [0.2, 0.25) is 0 Å². The van der Waals surface area contributed by atoms with Crippen LogP contribution in [0.1, 0.15) is 22.0 Å². The quantitative estimate of drug-likeness (QED) is 0.560. The van der Waals surface area contributed by atoms with Crippen molar-refractivity contribution in [3.05, 3.63) is 23.3 Å². The Kier molecular flexibility index (Phi) is 1.82. The zero-order valence-electron chi connectivity index (χ0n) is 7.36. The fourth-order valence-corrected chi connectivity index (χ4v) is 1.53. The lowest BCUT2D eigenvalue weighted by molar-refractivity contribution is 0.0693. The number of carboxylic acid groups (broad SMARTS) is 1. The first-order valence-corrected chi connectivity index (χ1v) is 4.14. The number of fused-ring (bicyclic) bond motifs is 1. The molecular weight excluding hydrogens is 184 g/mol. The molecule has 0 bridgehead atoms. The summed E-state index contributed by atoms with van der Waals surface area (Å²) in [6.07, 6.45) is 0. The highest BCUT2D eigenvalue weighted by molar-refractivity contribution is 5.93. The molecule has 1 aromatic carbocycles. The predicted octanol–water partition coefficient (Wildman–Crippen LogP) is 0.359. The van der Waals surface area contributed by atoms with Crippen LogP contribution in [0.3, 0.4) is 0 Å². The first-order valence-electron chi connectivity index (χ1n) is 4.14. The Hall–Kier alpha value is -1.75. The molecule has 5 N–H and O–H groups in total. The van der Waals surface area contributed by atoms with Gasteiger partial charge in [0, 0.05) is 11.3 Å². The first-order chi connectivity index (χ1) is 6.59. The second kappa shape index (κ2) is 2.88. The number of anilines is 1. The number of rotatable bonds is 1. The van der Waals surface area contributed by atoms with Crippen LogP contribution in [0, 0.1) is 0 Å². The Morgan fingerprint density at radius 3 is 2.93 bits per heavy atom. The third kappa shape index (κ3) is 1.18. The van der Waals surface area contributed by atoms with Gasteiger partial charge in [-0.25, -0.2) is 4.79 Å². The van der Waals surface area contributed by atoms with Crippen LogP contribution in [0.5, 0.6) is 5.75 Å². The molecule has 2 rings (SSSR count). The van der Waals surface area contributed by atoms with Crippen molar-refractivity contribution in [2.45, 2.75) is 6.04 Å². The van der Waals surface area contributed by atoms with E-state index < -0.39 is 5.97 Å². The van der Waals surface area contributed by atoms with Crippen molar-refractivity contribution in [3.8, 4) is 5.75 Å². The van der Waals surface area contributed by atoms with Crippen molar-refractivity contribution in [2.24, 2.45) is 5.73 Å². The smallest absolute Gasteiger partial charge is 0.339 e. The molecule has 1 unspecified atom stereocenters. The van der Waals surface area contributed by atoms with E-state index in [1.165, 1.54) is 6.07 Å². The number of hydrogen-bond donors (Lipinski definition) is 3. The molecule has 1 atom stereocenters. The summed E-state index contributed by atoms with van der Waals surface area (Å²) >= 11 is 0. The van der Waals surface area contributed by atoms with E-state index in [1.54, 1.807) is 6.07 Å². The van der Waals surface area contributed by atoms with E-state index in [0.717, 1.165) is 0 Å². The van der Waals surface area contributed by atoms with Gasteiger partial charge in [-0.05, 0) is 12.1 Å². The van der Waals surface area contributed by atoms with E-state index in [2.05, 4.69) is 0 Å². The molecule has 1 aromatic rings. The zero-order valence-corrected chi connectivity index (χ0v) is 7.36. The lowest BCUT2D eigenvalue weighted by atomic mass is 10.0. The molecule has 0 spiro atoms. The van der Waals surface area contributed by atoms with Gasteiger partial charge in [0.25, 0.3) is 0 Å². The summed E-state index contributed by atoms with van der Waals surface area (Å²) in [4.78, 5) is 10.8. The first kappa shape index (κ1) is 8.83. The largest absolute Gasteiger partial charge is 0.490 e. The summed E-state index contributed by atoms with van der Waals surface area (Å²) < 4.78 is 5.20. The van der Waals surface area contributed by atoms with E-state index in [4.69, 9.17) is 21.3 Å². The third-order valence-corrected chi connectivity index (χ3v) is 2.18. The highest BCUT2D eigenvalue weighted by atomic mass is 16.5. The van der Waals surface area contributed by atoms with Crippen molar-refractivity contribution >= 4 is 11.7 Å². The molecule has 0 aromatic heterocycles. The standard InChI is InChI=1S/C9H10N2O3/c10-4-1-5-7(11)3-14-8(5)6(2-4)9(12)13/h1-2,7H,3,10-11H2,(H,12,13).